The van der Waals surface area contributed by atoms with Gasteiger partial charge in [0.25, 0.3) is 0 Å². The smallest absolute Gasteiger partial charge is 0.123 e. The van der Waals surface area contributed by atoms with E-state index in [9.17, 15) is 4.39 Å². The molecule has 1 aliphatic carbocycles. The Balaban J connectivity index is 1.48. The van der Waals surface area contributed by atoms with Gasteiger partial charge < -0.3 is 5.32 Å². The Morgan fingerprint density at radius 1 is 1.16 bits per heavy atom. The zero-order valence-corrected chi connectivity index (χ0v) is 10.7. The zero-order chi connectivity index (χ0) is 13.1. The summed E-state index contributed by atoms with van der Waals surface area (Å²) in [5.74, 6) is 0.372. The number of pyridine rings is 1. The number of hydrogen-bond acceptors (Lipinski definition) is 2. The van der Waals surface area contributed by atoms with Crippen LogP contribution in [0.25, 0.3) is 0 Å². The van der Waals surface area contributed by atoms with E-state index in [0.29, 0.717) is 12.0 Å². The van der Waals surface area contributed by atoms with Crippen molar-refractivity contribution in [1.82, 2.24) is 10.3 Å². The van der Waals surface area contributed by atoms with Crippen LogP contribution in [0.15, 0.2) is 48.8 Å². The van der Waals surface area contributed by atoms with Crippen molar-refractivity contribution in [2.45, 2.75) is 31.3 Å². The minimum absolute atomic E-state index is 0.134. The molecule has 0 saturated heterocycles. The van der Waals surface area contributed by atoms with Crippen molar-refractivity contribution in [2.24, 2.45) is 0 Å². The van der Waals surface area contributed by atoms with Crippen molar-refractivity contribution in [1.29, 1.82) is 0 Å². The zero-order valence-electron chi connectivity index (χ0n) is 10.7. The lowest BCUT2D eigenvalue weighted by molar-refractivity contribution is 0.289. The van der Waals surface area contributed by atoms with Gasteiger partial charge in [0.2, 0.25) is 0 Å². The van der Waals surface area contributed by atoms with Gasteiger partial charge in [0.1, 0.15) is 5.82 Å². The predicted molar refractivity (Wildman–Crippen MR) is 73.2 cm³/mol. The largest absolute Gasteiger partial charge is 0.310 e. The molecule has 1 aromatic carbocycles. The summed E-state index contributed by atoms with van der Waals surface area (Å²) in [6.07, 6.45) is 5.81. The summed E-state index contributed by atoms with van der Waals surface area (Å²) >= 11 is 0. The number of hydrogen-bond donors (Lipinski definition) is 1. The molecule has 0 aliphatic heterocycles. The first kappa shape index (κ1) is 12.3. The first-order valence-electron chi connectivity index (χ1n) is 6.69. The van der Waals surface area contributed by atoms with E-state index in [0.717, 1.165) is 24.9 Å². The van der Waals surface area contributed by atoms with Crippen LogP contribution in [0.2, 0.25) is 0 Å². The van der Waals surface area contributed by atoms with E-state index in [-0.39, 0.29) is 5.82 Å². The molecule has 3 rings (SSSR count). The van der Waals surface area contributed by atoms with E-state index in [1.807, 2.05) is 30.6 Å². The lowest BCUT2D eigenvalue weighted by Crippen LogP contribution is -2.39. The van der Waals surface area contributed by atoms with Crippen LogP contribution >= 0.6 is 0 Å². The van der Waals surface area contributed by atoms with Gasteiger partial charge in [-0.2, -0.15) is 0 Å². The molecule has 1 aliphatic rings. The maximum atomic E-state index is 13.1. The van der Waals surface area contributed by atoms with Gasteiger partial charge in [-0.25, -0.2) is 4.39 Å². The number of nitrogens with one attached hydrogen (secondary N) is 1. The number of nitrogens with zero attached hydrogens (tertiary/aromatic N) is 1. The van der Waals surface area contributed by atoms with Crippen LogP contribution in [0.5, 0.6) is 0 Å². The molecule has 1 N–H and O–H groups in total. The lowest BCUT2D eigenvalue weighted by atomic mass is 9.76. The summed E-state index contributed by atoms with van der Waals surface area (Å²) in [5.41, 5.74) is 2.38. The van der Waals surface area contributed by atoms with Gasteiger partial charge in [0, 0.05) is 25.0 Å². The SMILES string of the molecule is Fc1cccc(C2CC(NCc3ccncc3)C2)c1. The molecule has 0 unspecified atom stereocenters. The Labute approximate surface area is 112 Å². The fraction of sp³-hybridized carbons (Fsp3) is 0.312. The Morgan fingerprint density at radius 3 is 2.68 bits per heavy atom. The molecule has 2 nitrogen and oxygen atoms in total. The highest BCUT2D eigenvalue weighted by atomic mass is 19.1. The second-order valence-corrected chi connectivity index (χ2v) is 5.16. The number of halogens is 1. The Hall–Kier alpha value is -1.74. The van der Waals surface area contributed by atoms with Crippen molar-refractivity contribution < 1.29 is 4.39 Å². The molecule has 19 heavy (non-hydrogen) atoms. The minimum atomic E-state index is -0.134. The van der Waals surface area contributed by atoms with Crippen LogP contribution in [0.4, 0.5) is 4.39 Å². The first-order chi connectivity index (χ1) is 9.31. The molecule has 0 bridgehead atoms. The third-order valence-electron chi connectivity index (χ3n) is 3.80. The molecule has 0 amide bonds. The van der Waals surface area contributed by atoms with Crippen LogP contribution in [-0.2, 0) is 6.54 Å². The van der Waals surface area contributed by atoms with Crippen molar-refractivity contribution in [3.8, 4) is 0 Å². The topological polar surface area (TPSA) is 24.9 Å². The molecule has 98 valence electrons. The predicted octanol–water partition coefficient (Wildman–Crippen LogP) is 3.26. The summed E-state index contributed by atoms with van der Waals surface area (Å²) in [6, 6.07) is 11.6. The second kappa shape index (κ2) is 5.49. The molecule has 1 saturated carbocycles. The van der Waals surface area contributed by atoms with Gasteiger partial charge in [0.05, 0.1) is 0 Å². The van der Waals surface area contributed by atoms with Crippen molar-refractivity contribution in [3.05, 3.63) is 65.7 Å². The highest BCUT2D eigenvalue weighted by molar-refractivity contribution is 5.24. The van der Waals surface area contributed by atoms with Crippen molar-refractivity contribution >= 4 is 0 Å². The van der Waals surface area contributed by atoms with Crippen LogP contribution in [-0.4, -0.2) is 11.0 Å². The van der Waals surface area contributed by atoms with Crippen LogP contribution < -0.4 is 5.32 Å². The molecule has 0 atom stereocenters. The van der Waals surface area contributed by atoms with Gasteiger partial charge in [0.15, 0.2) is 0 Å². The molecule has 0 radical (unpaired) electrons. The molecule has 0 spiro atoms. The highest BCUT2D eigenvalue weighted by Crippen LogP contribution is 2.37. The van der Waals surface area contributed by atoms with Crippen molar-refractivity contribution in [2.75, 3.05) is 0 Å². The Kier molecular flexibility index (Phi) is 3.56. The first-order valence-corrected chi connectivity index (χ1v) is 6.69. The second-order valence-electron chi connectivity index (χ2n) is 5.16. The summed E-state index contributed by atoms with van der Waals surface area (Å²) < 4.78 is 13.1. The molecular formula is C16H17FN2. The third-order valence-corrected chi connectivity index (χ3v) is 3.80. The molecule has 1 heterocycles. The Bertz CT molecular complexity index is 535. The molecule has 1 aromatic heterocycles. The van der Waals surface area contributed by atoms with E-state index in [1.165, 1.54) is 11.6 Å². The molecule has 1 fully saturated rings. The van der Waals surface area contributed by atoms with Crippen LogP contribution in [0.3, 0.4) is 0 Å². The van der Waals surface area contributed by atoms with Crippen LogP contribution in [0, 0.1) is 5.82 Å². The van der Waals surface area contributed by atoms with E-state index >= 15 is 0 Å². The van der Waals surface area contributed by atoms with Gasteiger partial charge in [-0.15, -0.1) is 0 Å². The average molecular weight is 256 g/mol. The van der Waals surface area contributed by atoms with Gasteiger partial charge in [-0.05, 0) is 54.2 Å². The quantitative estimate of drug-likeness (QED) is 0.908. The van der Waals surface area contributed by atoms with Crippen molar-refractivity contribution in [3.63, 3.8) is 0 Å². The van der Waals surface area contributed by atoms with Gasteiger partial charge in [-0.1, -0.05) is 12.1 Å². The minimum Gasteiger partial charge on any atom is -0.310 e. The lowest BCUT2D eigenvalue weighted by Gasteiger charge is -2.36. The summed E-state index contributed by atoms with van der Waals surface area (Å²) in [7, 11) is 0. The van der Waals surface area contributed by atoms with E-state index in [4.69, 9.17) is 0 Å². The number of rotatable bonds is 4. The van der Waals surface area contributed by atoms with Gasteiger partial charge in [-0.3, -0.25) is 4.98 Å². The summed E-state index contributed by atoms with van der Waals surface area (Å²) in [4.78, 5) is 4.00. The van der Waals surface area contributed by atoms with Gasteiger partial charge >= 0.3 is 0 Å². The normalized spacial score (nSPS) is 21.9. The average Bonchev–Trinajstić information content (AvgIpc) is 2.38. The van der Waals surface area contributed by atoms with E-state index in [1.54, 1.807) is 12.1 Å². The monoisotopic (exact) mass is 256 g/mol. The third kappa shape index (κ3) is 2.99. The maximum absolute atomic E-state index is 13.1. The molecule has 2 aromatic rings. The molecule has 3 heteroatoms. The fourth-order valence-electron chi connectivity index (χ4n) is 2.58. The standard InChI is InChI=1S/C16H17FN2/c17-15-3-1-2-13(8-15)14-9-16(10-14)19-11-12-4-6-18-7-5-12/h1-8,14,16,19H,9-11H2. The maximum Gasteiger partial charge on any atom is 0.123 e. The number of aromatic nitrogens is 1. The Morgan fingerprint density at radius 2 is 1.95 bits per heavy atom. The summed E-state index contributed by atoms with van der Waals surface area (Å²) in [5, 5.41) is 3.53. The van der Waals surface area contributed by atoms with E-state index in [2.05, 4.69) is 10.3 Å². The van der Waals surface area contributed by atoms with E-state index < -0.39 is 0 Å². The summed E-state index contributed by atoms with van der Waals surface area (Å²) in [6.45, 7) is 0.878. The number of benzene rings is 1. The van der Waals surface area contributed by atoms with Crippen LogP contribution in [0.1, 0.15) is 29.9 Å². The molecular weight excluding hydrogens is 239 g/mol. The fourth-order valence-corrected chi connectivity index (χ4v) is 2.58. The highest BCUT2D eigenvalue weighted by Gasteiger charge is 2.29.